The molecule has 0 bridgehead atoms. The highest BCUT2D eigenvalue weighted by molar-refractivity contribution is 7.89. The average Bonchev–Trinajstić information content (AvgIpc) is 3.39. The minimum atomic E-state index is -3.83. The first-order valence-electron chi connectivity index (χ1n) is 10.6. The van der Waals surface area contributed by atoms with E-state index in [0.29, 0.717) is 13.2 Å². The fraction of sp³-hybridized carbons (Fsp3) is 0.304. The maximum Gasteiger partial charge on any atom is 0.251 e. The molecule has 1 saturated heterocycles. The number of methoxy groups -OCH3 is 1. The van der Waals surface area contributed by atoms with Crippen LogP contribution in [-0.4, -0.2) is 61.6 Å². The van der Waals surface area contributed by atoms with Crippen molar-refractivity contribution in [1.29, 1.82) is 0 Å². The summed E-state index contributed by atoms with van der Waals surface area (Å²) < 4.78 is 40.1. The van der Waals surface area contributed by atoms with Crippen molar-refractivity contribution >= 4 is 15.9 Å². The van der Waals surface area contributed by atoms with E-state index in [1.54, 1.807) is 18.6 Å². The zero-order chi connectivity index (χ0) is 23.4. The molecule has 1 aliphatic heterocycles. The Morgan fingerprint density at radius 3 is 2.52 bits per heavy atom. The third kappa shape index (κ3) is 4.92. The van der Waals surface area contributed by atoms with Crippen molar-refractivity contribution in [1.82, 2.24) is 19.2 Å². The first-order valence-corrected chi connectivity index (χ1v) is 12.0. The number of rotatable bonds is 7. The smallest absolute Gasteiger partial charge is 0.251 e. The topological polar surface area (TPSA) is 103 Å². The highest BCUT2D eigenvalue weighted by Gasteiger charge is 2.30. The lowest BCUT2D eigenvalue weighted by atomic mass is 10.1. The molecule has 10 heteroatoms. The number of nitrogens with one attached hydrogen (secondary N) is 1. The van der Waals surface area contributed by atoms with Gasteiger partial charge in [0.15, 0.2) is 0 Å². The van der Waals surface area contributed by atoms with Crippen molar-refractivity contribution in [3.63, 3.8) is 0 Å². The van der Waals surface area contributed by atoms with E-state index in [0.717, 1.165) is 11.3 Å². The van der Waals surface area contributed by atoms with Crippen molar-refractivity contribution in [2.75, 3.05) is 33.4 Å². The van der Waals surface area contributed by atoms with Crippen LogP contribution in [0.1, 0.15) is 28.9 Å². The van der Waals surface area contributed by atoms with Crippen molar-refractivity contribution in [3.8, 4) is 11.4 Å². The van der Waals surface area contributed by atoms with Gasteiger partial charge >= 0.3 is 0 Å². The summed E-state index contributed by atoms with van der Waals surface area (Å²) in [5, 5.41) is 2.94. The van der Waals surface area contributed by atoms with Gasteiger partial charge in [-0.25, -0.2) is 13.4 Å². The zero-order valence-electron chi connectivity index (χ0n) is 18.5. The molecule has 2 aromatic carbocycles. The van der Waals surface area contributed by atoms with Crippen LogP contribution in [0.3, 0.4) is 0 Å². The molecular formula is C23H26N4O5S. The number of ether oxygens (including phenoxy) is 2. The molecule has 0 aliphatic carbocycles. The fourth-order valence-corrected chi connectivity index (χ4v) is 5.25. The largest absolute Gasteiger partial charge is 0.495 e. The predicted molar refractivity (Wildman–Crippen MR) is 122 cm³/mol. The van der Waals surface area contributed by atoms with Gasteiger partial charge in [0.25, 0.3) is 5.91 Å². The average molecular weight is 471 g/mol. The van der Waals surface area contributed by atoms with E-state index in [1.807, 2.05) is 42.0 Å². The Hall–Kier alpha value is -3.21. The summed E-state index contributed by atoms with van der Waals surface area (Å²) in [6, 6.07) is 11.9. The van der Waals surface area contributed by atoms with Gasteiger partial charge in [0, 0.05) is 36.7 Å². The van der Waals surface area contributed by atoms with E-state index in [4.69, 9.17) is 9.47 Å². The van der Waals surface area contributed by atoms with Crippen LogP contribution in [0.5, 0.6) is 5.75 Å². The maximum atomic E-state index is 13.2. The number of carbonyl (C=O) groups excluding carboxylic acids is 1. The van der Waals surface area contributed by atoms with Crippen LogP contribution in [0.2, 0.25) is 0 Å². The summed E-state index contributed by atoms with van der Waals surface area (Å²) >= 11 is 0. The first kappa shape index (κ1) is 23.0. The molecule has 33 heavy (non-hydrogen) atoms. The molecule has 1 aliphatic rings. The first-order chi connectivity index (χ1) is 15.9. The standard InChI is InChI=1S/C23H26N4O5S/c1-17(18-3-6-20(7-4-18)26-10-9-24-16-26)25-23(28)19-5-8-21(31-2)22(15-19)33(29,30)27-11-13-32-14-12-27/h3-10,15-17H,11-14H2,1-2H3,(H,25,28)/t17-/m1/s1. The summed E-state index contributed by atoms with van der Waals surface area (Å²) in [7, 11) is -2.42. The number of nitrogens with zero attached hydrogens (tertiary/aromatic N) is 3. The summed E-state index contributed by atoms with van der Waals surface area (Å²) in [6.45, 7) is 3.05. The molecule has 0 unspecified atom stereocenters. The number of aromatic nitrogens is 2. The second-order valence-electron chi connectivity index (χ2n) is 7.64. The van der Waals surface area contributed by atoms with E-state index < -0.39 is 10.0 Å². The molecule has 1 N–H and O–H groups in total. The lowest BCUT2D eigenvalue weighted by Crippen LogP contribution is -2.40. The Kier molecular flexibility index (Phi) is 6.77. The van der Waals surface area contributed by atoms with Gasteiger partial charge in [0.2, 0.25) is 10.0 Å². The number of amides is 1. The molecule has 1 atom stereocenters. The van der Waals surface area contributed by atoms with Gasteiger partial charge < -0.3 is 19.4 Å². The quantitative estimate of drug-likeness (QED) is 0.569. The van der Waals surface area contributed by atoms with Crippen LogP contribution in [0.25, 0.3) is 5.69 Å². The van der Waals surface area contributed by atoms with Gasteiger partial charge in [-0.3, -0.25) is 4.79 Å². The van der Waals surface area contributed by atoms with Crippen molar-refractivity contribution in [2.24, 2.45) is 0 Å². The van der Waals surface area contributed by atoms with E-state index in [1.165, 1.54) is 23.5 Å². The third-order valence-corrected chi connectivity index (χ3v) is 7.48. The predicted octanol–water partition coefficient (Wildman–Crippen LogP) is 2.39. The Labute approximate surface area is 193 Å². The van der Waals surface area contributed by atoms with Crippen LogP contribution < -0.4 is 10.1 Å². The molecule has 0 saturated carbocycles. The fourth-order valence-electron chi connectivity index (χ4n) is 3.66. The Balaban J connectivity index is 1.52. The second kappa shape index (κ2) is 9.74. The lowest BCUT2D eigenvalue weighted by Gasteiger charge is -2.26. The number of carbonyl (C=O) groups is 1. The molecule has 0 spiro atoms. The summed E-state index contributed by atoms with van der Waals surface area (Å²) in [5.41, 5.74) is 2.12. The normalized spacial score (nSPS) is 15.7. The van der Waals surface area contributed by atoms with Crippen LogP contribution >= 0.6 is 0 Å². The zero-order valence-corrected chi connectivity index (χ0v) is 19.3. The number of hydrogen-bond acceptors (Lipinski definition) is 6. The molecule has 3 aromatic rings. The summed E-state index contributed by atoms with van der Waals surface area (Å²) in [6.07, 6.45) is 5.28. The number of hydrogen-bond donors (Lipinski definition) is 1. The van der Waals surface area contributed by atoms with Gasteiger partial charge in [-0.2, -0.15) is 4.31 Å². The lowest BCUT2D eigenvalue weighted by molar-refractivity contribution is 0.0729. The highest BCUT2D eigenvalue weighted by atomic mass is 32.2. The molecule has 1 aromatic heterocycles. The van der Waals surface area contributed by atoms with Gasteiger partial charge in [0.1, 0.15) is 10.6 Å². The number of sulfonamides is 1. The van der Waals surface area contributed by atoms with Crippen LogP contribution in [0.15, 0.2) is 66.1 Å². The summed E-state index contributed by atoms with van der Waals surface area (Å²) in [5.74, 6) is -0.177. The Morgan fingerprint density at radius 2 is 1.88 bits per heavy atom. The van der Waals surface area contributed by atoms with E-state index >= 15 is 0 Å². The molecule has 0 radical (unpaired) electrons. The van der Waals surface area contributed by atoms with Gasteiger partial charge in [-0.15, -0.1) is 0 Å². The van der Waals surface area contributed by atoms with Crippen molar-refractivity contribution in [3.05, 3.63) is 72.3 Å². The second-order valence-corrected chi connectivity index (χ2v) is 9.55. The molecule has 1 amide bonds. The van der Waals surface area contributed by atoms with Gasteiger partial charge in [-0.05, 0) is 42.8 Å². The summed E-state index contributed by atoms with van der Waals surface area (Å²) in [4.78, 5) is 17.0. The van der Waals surface area contributed by atoms with E-state index in [2.05, 4.69) is 10.3 Å². The molecule has 4 rings (SSSR count). The van der Waals surface area contributed by atoms with Crippen molar-refractivity contribution < 1.29 is 22.7 Å². The third-order valence-electron chi connectivity index (χ3n) is 5.56. The monoisotopic (exact) mass is 470 g/mol. The van der Waals surface area contributed by atoms with Crippen LogP contribution in [-0.2, 0) is 14.8 Å². The number of morpholine rings is 1. The molecule has 2 heterocycles. The number of benzene rings is 2. The minimum Gasteiger partial charge on any atom is -0.495 e. The molecular weight excluding hydrogens is 444 g/mol. The molecule has 174 valence electrons. The molecule has 9 nitrogen and oxygen atoms in total. The Morgan fingerprint density at radius 1 is 1.15 bits per heavy atom. The van der Waals surface area contributed by atoms with Crippen LogP contribution in [0.4, 0.5) is 0 Å². The van der Waals surface area contributed by atoms with Gasteiger partial charge in [0.05, 0.1) is 32.7 Å². The van der Waals surface area contributed by atoms with Crippen LogP contribution in [0, 0.1) is 0 Å². The SMILES string of the molecule is COc1ccc(C(=O)N[C@H](C)c2ccc(-n3ccnc3)cc2)cc1S(=O)(=O)N1CCOCC1. The van der Waals surface area contributed by atoms with E-state index in [9.17, 15) is 13.2 Å². The Bertz CT molecular complexity index is 1200. The molecule has 1 fully saturated rings. The van der Waals surface area contributed by atoms with Gasteiger partial charge in [-0.1, -0.05) is 12.1 Å². The highest BCUT2D eigenvalue weighted by Crippen LogP contribution is 2.29. The van der Waals surface area contributed by atoms with Crippen molar-refractivity contribution in [2.45, 2.75) is 17.9 Å². The van der Waals surface area contributed by atoms with E-state index in [-0.39, 0.29) is 41.2 Å². The number of imidazole rings is 1. The minimum absolute atomic E-state index is 0.0307. The maximum absolute atomic E-state index is 13.2.